The number of nitrogens with zero attached hydrogens (tertiary/aromatic N) is 3. The summed E-state index contributed by atoms with van der Waals surface area (Å²) < 4.78 is 3.22. The smallest absolute Gasteiger partial charge is 0.288 e. The first-order chi connectivity index (χ1) is 13.8. The van der Waals surface area contributed by atoms with Gasteiger partial charge in [-0.05, 0) is 54.1 Å². The number of rotatable bonds is 4. The molecule has 0 aliphatic rings. The Morgan fingerprint density at radius 1 is 1.00 bits per heavy atom. The molecule has 2 heterocycles. The maximum absolute atomic E-state index is 13.3. The van der Waals surface area contributed by atoms with E-state index >= 15 is 0 Å². The Bertz CT molecular complexity index is 1340. The zero-order valence-electron chi connectivity index (χ0n) is 15.8. The van der Waals surface area contributed by atoms with Gasteiger partial charge in [-0.1, -0.05) is 18.2 Å². The largest absolute Gasteiger partial charge is 0.336 e. The number of benzene rings is 2. The summed E-state index contributed by atoms with van der Waals surface area (Å²) in [6.45, 7) is 4.04. The Kier molecular flexibility index (Phi) is 4.63. The lowest BCUT2D eigenvalue weighted by Crippen LogP contribution is -2.38. The first-order valence-electron chi connectivity index (χ1n) is 8.90. The molecule has 8 heteroatoms. The third-order valence-electron chi connectivity index (χ3n) is 4.71. The molecule has 0 unspecified atom stereocenters. The molecule has 2 aromatic heterocycles. The van der Waals surface area contributed by atoms with Crippen LogP contribution < -0.4 is 11.2 Å². The highest BCUT2D eigenvalue weighted by Gasteiger charge is 2.16. The molecule has 0 fully saturated rings. The number of non-ortho nitro benzene ring substituents is 1. The second-order valence-electron chi connectivity index (χ2n) is 6.91. The average molecular weight is 407 g/mol. The first-order valence-corrected chi connectivity index (χ1v) is 9.78. The third kappa shape index (κ3) is 3.38. The van der Waals surface area contributed by atoms with Crippen LogP contribution in [0, 0.1) is 24.0 Å². The molecule has 7 nitrogen and oxygen atoms in total. The summed E-state index contributed by atoms with van der Waals surface area (Å²) in [5.74, 6) is 0. The van der Waals surface area contributed by atoms with Crippen molar-refractivity contribution in [3.05, 3.63) is 102 Å². The lowest BCUT2D eigenvalue weighted by Gasteiger charge is -2.13. The first kappa shape index (κ1) is 18.8. The normalized spacial score (nSPS) is 11.1. The molecule has 0 amide bonds. The fraction of sp³-hybridized carbons (Fsp3) is 0.143. The highest BCUT2D eigenvalue weighted by molar-refractivity contribution is 7.17. The average Bonchev–Trinajstić information content (AvgIpc) is 3.15. The summed E-state index contributed by atoms with van der Waals surface area (Å²) in [7, 11) is 0. The SMILES string of the molecule is Cc1cc(C)cc(-n2c(=O)c3sccc3n(Cc3ccc([N+](=O)[O-])cc3)c2=O)c1. The van der Waals surface area contributed by atoms with Gasteiger partial charge in [0.15, 0.2) is 0 Å². The minimum absolute atomic E-state index is 0.0121. The van der Waals surface area contributed by atoms with Gasteiger partial charge in [0.25, 0.3) is 11.2 Å². The molecule has 4 rings (SSSR count). The maximum atomic E-state index is 13.3. The van der Waals surface area contributed by atoms with Crippen LogP contribution in [-0.4, -0.2) is 14.1 Å². The Hall–Kier alpha value is -3.52. The molecular weight excluding hydrogens is 390 g/mol. The van der Waals surface area contributed by atoms with E-state index in [1.807, 2.05) is 32.0 Å². The number of nitro groups is 1. The molecule has 29 heavy (non-hydrogen) atoms. The van der Waals surface area contributed by atoms with E-state index < -0.39 is 10.6 Å². The minimum atomic E-state index is -0.465. The second-order valence-corrected chi connectivity index (χ2v) is 7.83. The molecule has 146 valence electrons. The number of aryl methyl sites for hydroxylation is 2. The summed E-state index contributed by atoms with van der Waals surface area (Å²) in [6, 6.07) is 13.4. The van der Waals surface area contributed by atoms with Gasteiger partial charge in [-0.3, -0.25) is 19.5 Å². The highest BCUT2D eigenvalue weighted by atomic mass is 32.1. The number of fused-ring (bicyclic) bond motifs is 1. The van der Waals surface area contributed by atoms with E-state index in [2.05, 4.69) is 0 Å². The van der Waals surface area contributed by atoms with Gasteiger partial charge in [0.1, 0.15) is 4.70 Å². The quantitative estimate of drug-likeness (QED) is 0.380. The molecular formula is C21H17N3O4S. The number of hydrogen-bond donors (Lipinski definition) is 0. The zero-order chi connectivity index (χ0) is 20.7. The molecule has 4 aromatic rings. The molecule has 0 saturated carbocycles. The predicted octanol–water partition coefficient (Wildman–Crippen LogP) is 3.79. The Morgan fingerprint density at radius 2 is 1.66 bits per heavy atom. The van der Waals surface area contributed by atoms with Crippen molar-refractivity contribution in [1.29, 1.82) is 0 Å². The summed E-state index contributed by atoms with van der Waals surface area (Å²) in [5, 5.41) is 12.7. The number of hydrogen-bond acceptors (Lipinski definition) is 5. The van der Waals surface area contributed by atoms with Crippen LogP contribution in [-0.2, 0) is 6.54 Å². The van der Waals surface area contributed by atoms with Crippen molar-refractivity contribution in [3.63, 3.8) is 0 Å². The van der Waals surface area contributed by atoms with E-state index in [-0.39, 0.29) is 17.8 Å². The van der Waals surface area contributed by atoms with Crippen molar-refractivity contribution in [2.75, 3.05) is 0 Å². The van der Waals surface area contributed by atoms with E-state index in [9.17, 15) is 19.7 Å². The topological polar surface area (TPSA) is 87.1 Å². The molecule has 0 atom stereocenters. The van der Waals surface area contributed by atoms with Crippen LogP contribution in [0.15, 0.2) is 63.5 Å². The van der Waals surface area contributed by atoms with Crippen LogP contribution in [0.1, 0.15) is 16.7 Å². The number of aromatic nitrogens is 2. The lowest BCUT2D eigenvalue weighted by atomic mass is 10.1. The van der Waals surface area contributed by atoms with Gasteiger partial charge in [-0.15, -0.1) is 11.3 Å². The molecule has 0 N–H and O–H groups in total. The number of nitro benzene ring substituents is 1. The van der Waals surface area contributed by atoms with Crippen molar-refractivity contribution in [1.82, 2.24) is 9.13 Å². The summed E-state index contributed by atoms with van der Waals surface area (Å²) in [4.78, 5) is 36.8. The molecule has 0 aliphatic carbocycles. The lowest BCUT2D eigenvalue weighted by molar-refractivity contribution is -0.384. The Morgan fingerprint density at radius 3 is 2.28 bits per heavy atom. The fourth-order valence-electron chi connectivity index (χ4n) is 3.45. The van der Waals surface area contributed by atoms with Crippen molar-refractivity contribution < 1.29 is 4.92 Å². The van der Waals surface area contributed by atoms with E-state index in [0.29, 0.717) is 15.9 Å². The van der Waals surface area contributed by atoms with Crippen molar-refractivity contribution in [2.24, 2.45) is 0 Å². The molecule has 0 saturated heterocycles. The standard InChI is InChI=1S/C21H17N3O4S/c1-13-9-14(2)11-17(10-13)23-20(25)19-18(7-8-29-19)22(21(23)26)12-15-3-5-16(6-4-15)24(27)28/h3-11H,12H2,1-2H3. The van der Waals surface area contributed by atoms with Gasteiger partial charge < -0.3 is 0 Å². The van der Waals surface area contributed by atoms with Crippen LogP contribution in [0.4, 0.5) is 5.69 Å². The molecule has 0 aliphatic heterocycles. The van der Waals surface area contributed by atoms with Crippen LogP contribution >= 0.6 is 11.3 Å². The fourth-order valence-corrected chi connectivity index (χ4v) is 4.28. The second kappa shape index (κ2) is 7.14. The molecule has 0 bridgehead atoms. The molecule has 0 spiro atoms. The maximum Gasteiger partial charge on any atom is 0.336 e. The van der Waals surface area contributed by atoms with Crippen LogP contribution in [0.5, 0.6) is 0 Å². The summed E-state index contributed by atoms with van der Waals surface area (Å²) >= 11 is 1.29. The third-order valence-corrected chi connectivity index (χ3v) is 5.60. The van der Waals surface area contributed by atoms with E-state index in [0.717, 1.165) is 16.7 Å². The van der Waals surface area contributed by atoms with Crippen molar-refractivity contribution in [2.45, 2.75) is 20.4 Å². The van der Waals surface area contributed by atoms with Gasteiger partial charge in [0.05, 0.1) is 22.7 Å². The Balaban J connectivity index is 1.92. The molecule has 2 aromatic carbocycles. The van der Waals surface area contributed by atoms with Crippen molar-refractivity contribution >= 4 is 27.2 Å². The van der Waals surface area contributed by atoms with Gasteiger partial charge in [-0.2, -0.15) is 0 Å². The summed E-state index contributed by atoms with van der Waals surface area (Å²) in [5.41, 5.74) is 2.94. The molecule has 0 radical (unpaired) electrons. The summed E-state index contributed by atoms with van der Waals surface area (Å²) in [6.07, 6.45) is 0. The van der Waals surface area contributed by atoms with Gasteiger partial charge in [-0.25, -0.2) is 9.36 Å². The number of thiophene rings is 1. The van der Waals surface area contributed by atoms with E-state index in [4.69, 9.17) is 0 Å². The highest BCUT2D eigenvalue weighted by Crippen LogP contribution is 2.19. The van der Waals surface area contributed by atoms with Gasteiger partial charge in [0, 0.05) is 12.1 Å². The van der Waals surface area contributed by atoms with E-state index in [1.54, 1.807) is 23.6 Å². The minimum Gasteiger partial charge on any atom is -0.288 e. The van der Waals surface area contributed by atoms with Crippen LogP contribution in [0.25, 0.3) is 15.9 Å². The predicted molar refractivity (Wildman–Crippen MR) is 113 cm³/mol. The zero-order valence-corrected chi connectivity index (χ0v) is 16.6. The van der Waals surface area contributed by atoms with Crippen LogP contribution in [0.3, 0.4) is 0 Å². The van der Waals surface area contributed by atoms with Crippen molar-refractivity contribution in [3.8, 4) is 5.69 Å². The monoisotopic (exact) mass is 407 g/mol. The Labute approximate surface area is 169 Å². The van der Waals surface area contributed by atoms with Crippen LogP contribution in [0.2, 0.25) is 0 Å². The van der Waals surface area contributed by atoms with Gasteiger partial charge >= 0.3 is 5.69 Å². The van der Waals surface area contributed by atoms with Gasteiger partial charge in [0.2, 0.25) is 0 Å². The van der Waals surface area contributed by atoms with E-state index in [1.165, 1.54) is 32.6 Å².